The van der Waals surface area contributed by atoms with Gasteiger partial charge in [0, 0.05) is 11.3 Å². The fourth-order valence-corrected chi connectivity index (χ4v) is 2.60. The highest BCUT2D eigenvalue weighted by Gasteiger charge is 2.20. The van der Waals surface area contributed by atoms with Crippen molar-refractivity contribution in [3.8, 4) is 0 Å². The third-order valence-electron chi connectivity index (χ3n) is 2.78. The normalized spacial score (nSPS) is 11.7. The van der Waals surface area contributed by atoms with Crippen LogP contribution in [0.2, 0.25) is 0 Å². The van der Waals surface area contributed by atoms with Gasteiger partial charge in [0.15, 0.2) is 0 Å². The second-order valence-electron chi connectivity index (χ2n) is 4.42. The van der Waals surface area contributed by atoms with E-state index in [1.54, 1.807) is 12.1 Å². The van der Waals surface area contributed by atoms with E-state index in [9.17, 15) is 13.2 Å². The van der Waals surface area contributed by atoms with Gasteiger partial charge in [-0.2, -0.15) is 9.78 Å². The molecule has 0 unspecified atom stereocenters. The lowest BCUT2D eigenvalue weighted by Gasteiger charge is -2.03. The number of hydrogen-bond acceptors (Lipinski definition) is 4. The molecule has 0 saturated carbocycles. The van der Waals surface area contributed by atoms with Gasteiger partial charge >= 0.3 is 0 Å². The molecule has 22 heavy (non-hydrogen) atoms. The van der Waals surface area contributed by atoms with E-state index in [-0.39, 0.29) is 10.7 Å². The highest BCUT2D eigenvalue weighted by Crippen LogP contribution is 2.24. The van der Waals surface area contributed by atoms with Gasteiger partial charge in [0.05, 0.1) is 6.21 Å². The first-order chi connectivity index (χ1) is 10.6. The molecule has 0 fully saturated rings. The number of aromatic nitrogens is 3. The molecule has 118 valence electrons. The average Bonchev–Trinajstić information content (AvgIpc) is 2.90. The number of halogens is 3. The van der Waals surface area contributed by atoms with E-state index in [0.29, 0.717) is 0 Å². The molecule has 0 N–H and O–H groups in total. The van der Waals surface area contributed by atoms with Gasteiger partial charge in [0.1, 0.15) is 5.82 Å². The van der Waals surface area contributed by atoms with Crippen LogP contribution in [0.15, 0.2) is 34.5 Å². The predicted octanol–water partition coefficient (Wildman–Crippen LogP) is 4.13. The molecule has 0 radical (unpaired) electrons. The van der Waals surface area contributed by atoms with Crippen molar-refractivity contribution in [3.05, 3.63) is 41.5 Å². The van der Waals surface area contributed by atoms with Gasteiger partial charge in [0.25, 0.3) is 6.43 Å². The molecule has 1 aromatic carbocycles. The van der Waals surface area contributed by atoms with Crippen molar-refractivity contribution >= 4 is 18.0 Å². The molecular formula is C14H15F3N4S. The second kappa shape index (κ2) is 7.98. The largest absolute Gasteiger partial charge is 0.299 e. The van der Waals surface area contributed by atoms with E-state index >= 15 is 0 Å². The van der Waals surface area contributed by atoms with Gasteiger partial charge in [-0.3, -0.25) is 0 Å². The maximum Gasteiger partial charge on any atom is 0.299 e. The van der Waals surface area contributed by atoms with Crippen LogP contribution in [0, 0.1) is 5.82 Å². The molecule has 1 heterocycles. The van der Waals surface area contributed by atoms with Crippen molar-refractivity contribution in [2.45, 2.75) is 31.3 Å². The van der Waals surface area contributed by atoms with E-state index in [0.717, 1.165) is 23.3 Å². The lowest BCUT2D eigenvalue weighted by Crippen LogP contribution is -2.01. The standard InChI is InChI=1S/C14H15F3N4S/c1-2-3-8-22-14-20-19-13(12(16)17)21(14)18-9-10-6-4-5-7-11(10)15/h4-7,9,12H,2-3,8H2,1H3/b18-9+. The molecule has 0 amide bonds. The Morgan fingerprint density at radius 1 is 1.32 bits per heavy atom. The van der Waals surface area contributed by atoms with Crippen molar-refractivity contribution in [3.63, 3.8) is 0 Å². The number of hydrogen-bond donors (Lipinski definition) is 0. The van der Waals surface area contributed by atoms with Crippen LogP contribution in [-0.4, -0.2) is 26.8 Å². The summed E-state index contributed by atoms with van der Waals surface area (Å²) in [7, 11) is 0. The monoisotopic (exact) mass is 328 g/mol. The smallest absolute Gasteiger partial charge is 0.206 e. The molecule has 0 atom stereocenters. The third kappa shape index (κ3) is 4.09. The van der Waals surface area contributed by atoms with E-state index in [1.807, 2.05) is 6.92 Å². The highest BCUT2D eigenvalue weighted by molar-refractivity contribution is 7.99. The summed E-state index contributed by atoms with van der Waals surface area (Å²) in [4.78, 5) is 0. The SMILES string of the molecule is CCCCSc1nnc(C(F)F)n1/N=C/c1ccccc1F. The van der Waals surface area contributed by atoms with Crippen LogP contribution >= 0.6 is 11.8 Å². The number of unbranched alkanes of at least 4 members (excludes halogenated alkanes) is 1. The van der Waals surface area contributed by atoms with Crippen LogP contribution < -0.4 is 0 Å². The minimum absolute atomic E-state index is 0.209. The molecule has 1 aromatic heterocycles. The molecule has 2 rings (SSSR count). The molecule has 0 bridgehead atoms. The summed E-state index contributed by atoms with van der Waals surface area (Å²) >= 11 is 1.30. The fourth-order valence-electron chi connectivity index (χ4n) is 1.62. The molecule has 0 aliphatic heterocycles. The molecule has 0 spiro atoms. The van der Waals surface area contributed by atoms with Crippen LogP contribution in [0.5, 0.6) is 0 Å². The van der Waals surface area contributed by atoms with Gasteiger partial charge in [-0.05, 0) is 12.5 Å². The summed E-state index contributed by atoms with van der Waals surface area (Å²) in [5.74, 6) is -0.294. The Labute approximate surface area is 130 Å². The lowest BCUT2D eigenvalue weighted by molar-refractivity contribution is 0.135. The summed E-state index contributed by atoms with van der Waals surface area (Å²) in [5.41, 5.74) is 0.209. The Morgan fingerprint density at radius 2 is 2.09 bits per heavy atom. The maximum absolute atomic E-state index is 13.5. The molecule has 2 aromatic rings. The predicted molar refractivity (Wildman–Crippen MR) is 80.0 cm³/mol. The van der Waals surface area contributed by atoms with Crippen molar-refractivity contribution in [2.75, 3.05) is 5.75 Å². The maximum atomic E-state index is 13.5. The first kappa shape index (κ1) is 16.5. The number of alkyl halides is 2. The zero-order chi connectivity index (χ0) is 15.9. The summed E-state index contributed by atoms with van der Waals surface area (Å²) in [6.07, 6.45) is 0.305. The number of thioether (sulfide) groups is 1. The number of nitrogens with zero attached hydrogens (tertiary/aromatic N) is 4. The highest BCUT2D eigenvalue weighted by atomic mass is 32.2. The number of rotatable bonds is 7. The third-order valence-corrected chi connectivity index (χ3v) is 3.78. The molecule has 4 nitrogen and oxygen atoms in total. The Bertz CT molecular complexity index is 643. The van der Waals surface area contributed by atoms with E-state index in [4.69, 9.17) is 0 Å². The zero-order valence-corrected chi connectivity index (χ0v) is 12.7. The van der Waals surface area contributed by atoms with E-state index < -0.39 is 18.1 Å². The quantitative estimate of drug-likeness (QED) is 0.436. The van der Waals surface area contributed by atoms with Gasteiger partial charge in [0.2, 0.25) is 11.0 Å². The first-order valence-corrected chi connectivity index (χ1v) is 7.77. The molecule has 0 saturated heterocycles. The Morgan fingerprint density at radius 3 is 2.77 bits per heavy atom. The van der Waals surface area contributed by atoms with Crippen LogP contribution in [0.25, 0.3) is 0 Å². The van der Waals surface area contributed by atoms with E-state index in [1.165, 1.54) is 30.1 Å². The van der Waals surface area contributed by atoms with Gasteiger partial charge in [-0.25, -0.2) is 13.2 Å². The minimum Gasteiger partial charge on any atom is -0.206 e. The van der Waals surface area contributed by atoms with Crippen LogP contribution in [0.1, 0.15) is 37.6 Å². The van der Waals surface area contributed by atoms with Crippen molar-refractivity contribution < 1.29 is 13.2 Å². The van der Waals surface area contributed by atoms with Crippen LogP contribution in [0.4, 0.5) is 13.2 Å². The Kier molecular flexibility index (Phi) is 6.00. The van der Waals surface area contributed by atoms with Crippen LogP contribution in [-0.2, 0) is 0 Å². The molecule has 8 heteroatoms. The topological polar surface area (TPSA) is 43.1 Å². The molecule has 0 aliphatic carbocycles. The van der Waals surface area contributed by atoms with Crippen molar-refractivity contribution in [2.24, 2.45) is 5.10 Å². The molecular weight excluding hydrogens is 313 g/mol. The second-order valence-corrected chi connectivity index (χ2v) is 5.48. The van der Waals surface area contributed by atoms with Gasteiger partial charge < -0.3 is 0 Å². The number of benzene rings is 1. The minimum atomic E-state index is -2.80. The van der Waals surface area contributed by atoms with Crippen molar-refractivity contribution in [1.29, 1.82) is 0 Å². The van der Waals surface area contributed by atoms with Crippen molar-refractivity contribution in [1.82, 2.24) is 14.9 Å². The van der Waals surface area contributed by atoms with E-state index in [2.05, 4.69) is 15.3 Å². The van der Waals surface area contributed by atoms with Gasteiger partial charge in [-0.1, -0.05) is 43.3 Å². The summed E-state index contributed by atoms with van der Waals surface area (Å²) in [6, 6.07) is 5.97. The Hall–Kier alpha value is -1.83. The zero-order valence-electron chi connectivity index (χ0n) is 11.9. The average molecular weight is 328 g/mol. The first-order valence-electron chi connectivity index (χ1n) is 6.78. The summed E-state index contributed by atoms with van der Waals surface area (Å²) < 4.78 is 40.4. The lowest BCUT2D eigenvalue weighted by atomic mass is 10.2. The summed E-state index contributed by atoms with van der Waals surface area (Å²) in [6.45, 7) is 2.03. The van der Waals surface area contributed by atoms with Crippen LogP contribution in [0.3, 0.4) is 0 Å². The molecule has 0 aliphatic rings. The van der Waals surface area contributed by atoms with Gasteiger partial charge in [-0.15, -0.1) is 10.2 Å². The Balaban J connectivity index is 2.27. The fraction of sp³-hybridized carbons (Fsp3) is 0.357. The summed E-state index contributed by atoms with van der Waals surface area (Å²) in [5, 5.41) is 11.4.